The number of aryl methyl sites for hydroxylation is 1. The van der Waals surface area contributed by atoms with E-state index in [2.05, 4.69) is 18.0 Å². The van der Waals surface area contributed by atoms with E-state index >= 15 is 4.39 Å². The summed E-state index contributed by atoms with van der Waals surface area (Å²) in [5, 5.41) is 20.4. The number of hydrogen-bond acceptors (Lipinski definition) is 7. The van der Waals surface area contributed by atoms with Gasteiger partial charge in [-0.3, -0.25) is 4.98 Å². The number of nitrogens with zero attached hydrogens (tertiary/aromatic N) is 4. The molecule has 2 aliphatic carbocycles. The van der Waals surface area contributed by atoms with Crippen LogP contribution in [0.3, 0.4) is 0 Å². The number of hydrogen-bond donors (Lipinski definition) is 1. The van der Waals surface area contributed by atoms with Crippen LogP contribution in [0.4, 0.5) is 4.39 Å². The van der Waals surface area contributed by atoms with Gasteiger partial charge in [0.1, 0.15) is 21.4 Å². The van der Waals surface area contributed by atoms with Crippen LogP contribution >= 0.6 is 0 Å². The smallest absolute Gasteiger partial charge is 0.161 e. The van der Waals surface area contributed by atoms with Gasteiger partial charge < -0.3 is 5.11 Å². The van der Waals surface area contributed by atoms with Crippen LogP contribution in [0.1, 0.15) is 43.6 Å². The number of halogens is 1. The first kappa shape index (κ1) is 26.0. The highest BCUT2D eigenvalue weighted by Crippen LogP contribution is 2.54. The van der Waals surface area contributed by atoms with Crippen molar-refractivity contribution >= 4 is 9.84 Å². The van der Waals surface area contributed by atoms with Gasteiger partial charge in [-0.05, 0) is 49.4 Å². The molecule has 0 amide bonds. The highest BCUT2D eigenvalue weighted by atomic mass is 32.2. The predicted octanol–water partition coefficient (Wildman–Crippen LogP) is 5.13. The molecule has 7 nitrogen and oxygen atoms in total. The molecule has 0 saturated carbocycles. The highest BCUT2D eigenvalue weighted by Gasteiger charge is 2.50. The standard InChI is InChI=1S/C29H29FN4O3S/c1-17-23-11-10-22-25(21-6-4-5-7-24(21)30)33-28(18-8-9-20(32-16-18)12-13-38(3,36)37)34-27(22)29(23,2)14-19(15-31)26(17)35/h4-9,16-17,23,35H,10-14H2,1-3H3/t17-,23-,29-/m1/s1. The first-order valence-electron chi connectivity index (χ1n) is 12.6. The van der Waals surface area contributed by atoms with Gasteiger partial charge >= 0.3 is 0 Å². The maximum Gasteiger partial charge on any atom is 0.161 e. The summed E-state index contributed by atoms with van der Waals surface area (Å²) in [7, 11) is -3.11. The number of allylic oxidation sites excluding steroid dienone is 2. The van der Waals surface area contributed by atoms with E-state index in [1.54, 1.807) is 36.5 Å². The monoisotopic (exact) mass is 532 g/mol. The van der Waals surface area contributed by atoms with Crippen molar-refractivity contribution in [2.45, 2.75) is 44.9 Å². The molecule has 0 unspecified atom stereocenters. The summed E-state index contributed by atoms with van der Waals surface area (Å²) in [5.41, 5.74) is 3.61. The van der Waals surface area contributed by atoms with E-state index in [1.807, 2.05) is 6.92 Å². The Kier molecular flexibility index (Phi) is 6.56. The van der Waals surface area contributed by atoms with Gasteiger partial charge in [0.15, 0.2) is 5.82 Å². The molecule has 5 rings (SSSR count). The summed E-state index contributed by atoms with van der Waals surface area (Å²) in [6.45, 7) is 4.02. The maximum absolute atomic E-state index is 15.1. The second-order valence-electron chi connectivity index (χ2n) is 10.6. The summed E-state index contributed by atoms with van der Waals surface area (Å²) in [6, 6.07) is 12.3. The van der Waals surface area contributed by atoms with Crippen LogP contribution in [0.15, 0.2) is 53.9 Å². The molecule has 3 atom stereocenters. The molecule has 38 heavy (non-hydrogen) atoms. The van der Waals surface area contributed by atoms with Crippen molar-refractivity contribution in [2.75, 3.05) is 12.0 Å². The number of aromatic nitrogens is 3. The molecule has 2 heterocycles. The quantitative estimate of drug-likeness (QED) is 0.484. The first-order chi connectivity index (χ1) is 18.0. The zero-order valence-electron chi connectivity index (χ0n) is 21.6. The van der Waals surface area contributed by atoms with Crippen LogP contribution in [0.5, 0.6) is 0 Å². The molecule has 0 spiro atoms. The predicted molar refractivity (Wildman–Crippen MR) is 142 cm³/mol. The molecule has 1 aromatic carbocycles. The lowest BCUT2D eigenvalue weighted by Crippen LogP contribution is -2.45. The van der Waals surface area contributed by atoms with Gasteiger partial charge in [0.2, 0.25) is 0 Å². The second kappa shape index (κ2) is 9.59. The number of fused-ring (bicyclic) bond motifs is 3. The molecular weight excluding hydrogens is 503 g/mol. The van der Waals surface area contributed by atoms with Crippen molar-refractivity contribution in [3.8, 4) is 28.7 Å². The zero-order chi connectivity index (χ0) is 27.2. The lowest BCUT2D eigenvalue weighted by atomic mass is 9.56. The Morgan fingerprint density at radius 2 is 1.97 bits per heavy atom. The van der Waals surface area contributed by atoms with Crippen molar-refractivity contribution in [2.24, 2.45) is 11.8 Å². The molecular formula is C29H29FN4O3S. The Hall–Kier alpha value is -3.64. The summed E-state index contributed by atoms with van der Waals surface area (Å²) < 4.78 is 38.2. The molecule has 9 heteroatoms. The fourth-order valence-corrected chi connectivity index (χ4v) is 6.60. The molecule has 0 aliphatic heterocycles. The summed E-state index contributed by atoms with van der Waals surface area (Å²) >= 11 is 0. The van der Waals surface area contributed by atoms with Crippen molar-refractivity contribution in [1.82, 2.24) is 15.0 Å². The van der Waals surface area contributed by atoms with Gasteiger partial charge in [-0.25, -0.2) is 22.8 Å². The molecule has 3 aromatic rings. The van der Waals surface area contributed by atoms with Gasteiger partial charge in [0.25, 0.3) is 0 Å². The lowest BCUT2D eigenvalue weighted by Gasteiger charge is -2.48. The molecule has 2 aliphatic rings. The van der Waals surface area contributed by atoms with Crippen LogP contribution in [0, 0.1) is 29.0 Å². The third-order valence-corrected chi connectivity index (χ3v) is 8.98. The largest absolute Gasteiger partial charge is 0.511 e. The SMILES string of the molecule is C[C@H]1C(O)=C(C#N)C[C@@]2(C)c3nc(-c4ccc(CCS(C)(=O)=O)nc4)nc(-c4ccccc4F)c3CC[C@H]12. The minimum atomic E-state index is -3.11. The van der Waals surface area contributed by atoms with Crippen molar-refractivity contribution < 1.29 is 17.9 Å². The van der Waals surface area contributed by atoms with E-state index in [0.29, 0.717) is 53.2 Å². The first-order valence-corrected chi connectivity index (χ1v) is 14.7. The number of pyridine rings is 1. The Balaban J connectivity index is 1.67. The summed E-state index contributed by atoms with van der Waals surface area (Å²) in [6.07, 6.45) is 4.83. The third-order valence-electron chi connectivity index (χ3n) is 8.04. The van der Waals surface area contributed by atoms with Gasteiger partial charge in [-0.1, -0.05) is 26.0 Å². The fraction of sp³-hybridized carbons (Fsp3) is 0.379. The summed E-state index contributed by atoms with van der Waals surface area (Å²) in [4.78, 5) is 14.3. The van der Waals surface area contributed by atoms with Crippen LogP contribution in [-0.2, 0) is 28.1 Å². The van der Waals surface area contributed by atoms with Crippen LogP contribution < -0.4 is 0 Å². The molecule has 0 bridgehead atoms. The van der Waals surface area contributed by atoms with Crippen molar-refractivity contribution in [3.63, 3.8) is 0 Å². The molecule has 0 fully saturated rings. The summed E-state index contributed by atoms with van der Waals surface area (Å²) in [5.74, 6) is 0.00793. The van der Waals surface area contributed by atoms with Gasteiger partial charge in [-0.15, -0.1) is 0 Å². The Bertz CT molecular complexity index is 1590. The minimum absolute atomic E-state index is 0.00560. The van der Waals surface area contributed by atoms with E-state index in [9.17, 15) is 18.8 Å². The Morgan fingerprint density at radius 3 is 2.63 bits per heavy atom. The van der Waals surface area contributed by atoms with Crippen LogP contribution in [0.2, 0.25) is 0 Å². The van der Waals surface area contributed by atoms with Crippen molar-refractivity contribution in [3.05, 3.63) is 76.7 Å². The number of aliphatic hydroxyl groups excluding tert-OH is 1. The number of aliphatic hydroxyl groups is 1. The Labute approximate surface area is 222 Å². The van der Waals surface area contributed by atoms with Gasteiger partial charge in [-0.2, -0.15) is 5.26 Å². The lowest BCUT2D eigenvalue weighted by molar-refractivity contribution is 0.136. The fourth-order valence-electron chi connectivity index (χ4n) is 6.02. The number of nitriles is 1. The molecule has 1 N–H and O–H groups in total. The molecule has 0 radical (unpaired) electrons. The van der Waals surface area contributed by atoms with E-state index in [-0.39, 0.29) is 29.2 Å². The average Bonchev–Trinajstić information content (AvgIpc) is 2.89. The molecule has 2 aromatic heterocycles. The van der Waals surface area contributed by atoms with Crippen LogP contribution in [-0.4, -0.2) is 40.5 Å². The van der Waals surface area contributed by atoms with Gasteiger partial charge in [0, 0.05) is 52.6 Å². The average molecular weight is 533 g/mol. The van der Waals surface area contributed by atoms with E-state index < -0.39 is 15.3 Å². The zero-order valence-corrected chi connectivity index (χ0v) is 22.4. The number of rotatable bonds is 5. The maximum atomic E-state index is 15.1. The van der Waals surface area contributed by atoms with Crippen LogP contribution in [0.25, 0.3) is 22.6 Å². The minimum Gasteiger partial charge on any atom is -0.511 e. The molecule has 0 saturated heterocycles. The second-order valence-corrected chi connectivity index (χ2v) is 12.9. The number of benzene rings is 1. The number of sulfone groups is 1. The van der Waals surface area contributed by atoms with Crippen molar-refractivity contribution in [1.29, 1.82) is 5.26 Å². The van der Waals surface area contributed by atoms with E-state index in [4.69, 9.17) is 9.97 Å². The van der Waals surface area contributed by atoms with E-state index in [1.165, 1.54) is 12.3 Å². The highest BCUT2D eigenvalue weighted by molar-refractivity contribution is 7.90. The normalized spacial score (nSPS) is 22.9. The Morgan fingerprint density at radius 1 is 1.21 bits per heavy atom. The van der Waals surface area contributed by atoms with Gasteiger partial charge in [0.05, 0.1) is 28.8 Å². The third kappa shape index (κ3) is 4.58. The topological polar surface area (TPSA) is 117 Å². The van der Waals surface area contributed by atoms with E-state index in [0.717, 1.165) is 17.7 Å². The molecule has 196 valence electrons.